The van der Waals surface area contributed by atoms with Crippen molar-refractivity contribution in [2.75, 3.05) is 6.26 Å². The Morgan fingerprint density at radius 2 is 2.33 bits per heavy atom. The molecular weight excluding hydrogens is 190 g/mol. The third-order valence-corrected chi connectivity index (χ3v) is 2.73. The summed E-state index contributed by atoms with van der Waals surface area (Å²) in [4.78, 5) is 1.09. The number of halogens is 1. The van der Waals surface area contributed by atoms with Crippen LogP contribution in [0.15, 0.2) is 23.1 Å². The Morgan fingerprint density at radius 1 is 1.58 bits per heavy atom. The number of benzene rings is 1. The molecule has 0 aliphatic heterocycles. The van der Waals surface area contributed by atoms with Gasteiger partial charge in [0.05, 0.1) is 12.5 Å². The van der Waals surface area contributed by atoms with Gasteiger partial charge < -0.3 is 0 Å². The van der Waals surface area contributed by atoms with Gasteiger partial charge in [-0.2, -0.15) is 5.26 Å². The van der Waals surface area contributed by atoms with Crippen LogP contribution in [0.3, 0.4) is 0 Å². The highest BCUT2D eigenvalue weighted by Gasteiger charge is 2.04. The van der Waals surface area contributed by atoms with Crippen LogP contribution in [0, 0.1) is 11.3 Å². The minimum absolute atomic E-state index is 0.385. The maximum absolute atomic E-state index is 8.55. The van der Waals surface area contributed by atoms with E-state index in [1.807, 2.05) is 24.5 Å². The summed E-state index contributed by atoms with van der Waals surface area (Å²) in [7, 11) is 0. The maximum Gasteiger partial charge on any atom is 0.0670 e. The highest BCUT2D eigenvalue weighted by Crippen LogP contribution is 2.26. The summed E-state index contributed by atoms with van der Waals surface area (Å²) in [6, 6.07) is 7.79. The summed E-state index contributed by atoms with van der Waals surface area (Å²) in [6.07, 6.45) is 2.36. The number of hydrogen-bond donors (Lipinski definition) is 0. The standard InChI is InChI=1S/C9H8ClNS/c1-12-9-4-2-3-8(10)7(9)5-6-11/h2-4H,5H2,1H3. The van der Waals surface area contributed by atoms with Crippen molar-refractivity contribution in [2.45, 2.75) is 11.3 Å². The zero-order valence-electron chi connectivity index (χ0n) is 6.67. The fourth-order valence-corrected chi connectivity index (χ4v) is 1.92. The van der Waals surface area contributed by atoms with Crippen LogP contribution in [0.1, 0.15) is 5.56 Å². The Labute approximate surface area is 81.3 Å². The van der Waals surface area contributed by atoms with Gasteiger partial charge in [-0.15, -0.1) is 11.8 Å². The first-order chi connectivity index (χ1) is 5.79. The van der Waals surface area contributed by atoms with Crippen molar-refractivity contribution in [3.8, 4) is 6.07 Å². The Kier molecular flexibility index (Phi) is 3.46. The predicted molar refractivity (Wildman–Crippen MR) is 52.6 cm³/mol. The maximum atomic E-state index is 8.55. The van der Waals surface area contributed by atoms with E-state index in [1.165, 1.54) is 0 Å². The largest absolute Gasteiger partial charge is 0.198 e. The van der Waals surface area contributed by atoms with E-state index < -0.39 is 0 Å². The van der Waals surface area contributed by atoms with Crippen LogP contribution in [0.2, 0.25) is 5.02 Å². The van der Waals surface area contributed by atoms with Crippen LogP contribution in [0.25, 0.3) is 0 Å². The average Bonchev–Trinajstić information content (AvgIpc) is 2.09. The second-order valence-corrected chi connectivity index (χ2v) is 3.51. The van der Waals surface area contributed by atoms with E-state index >= 15 is 0 Å². The third-order valence-electron chi connectivity index (χ3n) is 1.55. The molecule has 0 N–H and O–H groups in total. The summed E-state index contributed by atoms with van der Waals surface area (Å²) in [5.41, 5.74) is 0.939. The molecule has 12 heavy (non-hydrogen) atoms. The predicted octanol–water partition coefficient (Wildman–Crippen LogP) is 3.13. The summed E-state index contributed by atoms with van der Waals surface area (Å²) in [5.74, 6) is 0. The lowest BCUT2D eigenvalue weighted by Crippen LogP contribution is -1.86. The number of nitriles is 1. The molecule has 0 saturated carbocycles. The number of hydrogen-bond acceptors (Lipinski definition) is 2. The van der Waals surface area contributed by atoms with Crippen molar-refractivity contribution in [2.24, 2.45) is 0 Å². The minimum atomic E-state index is 0.385. The highest BCUT2D eigenvalue weighted by atomic mass is 35.5. The molecule has 0 amide bonds. The number of thioether (sulfide) groups is 1. The molecule has 62 valence electrons. The van der Waals surface area contributed by atoms with Gasteiger partial charge in [-0.05, 0) is 24.0 Å². The molecule has 0 aliphatic rings. The van der Waals surface area contributed by atoms with Crippen molar-refractivity contribution in [3.05, 3.63) is 28.8 Å². The summed E-state index contributed by atoms with van der Waals surface area (Å²) in [6.45, 7) is 0. The normalized spacial score (nSPS) is 9.42. The fraction of sp³-hybridized carbons (Fsp3) is 0.222. The number of rotatable bonds is 2. The quantitative estimate of drug-likeness (QED) is 0.681. The van der Waals surface area contributed by atoms with Crippen LogP contribution in [-0.2, 0) is 6.42 Å². The lowest BCUT2D eigenvalue weighted by atomic mass is 10.2. The molecule has 1 rings (SSSR count). The Morgan fingerprint density at radius 3 is 2.92 bits per heavy atom. The van der Waals surface area contributed by atoms with Crippen LogP contribution in [0.5, 0.6) is 0 Å². The van der Waals surface area contributed by atoms with Gasteiger partial charge >= 0.3 is 0 Å². The zero-order valence-corrected chi connectivity index (χ0v) is 8.25. The first kappa shape index (κ1) is 9.44. The molecule has 0 aliphatic carbocycles. The van der Waals surface area contributed by atoms with Gasteiger partial charge in [-0.3, -0.25) is 0 Å². The van der Waals surface area contributed by atoms with Crippen molar-refractivity contribution in [3.63, 3.8) is 0 Å². The van der Waals surface area contributed by atoms with E-state index in [9.17, 15) is 0 Å². The Balaban J connectivity index is 3.12. The molecule has 3 heteroatoms. The Bertz CT molecular complexity index is 317. The van der Waals surface area contributed by atoms with Crippen LogP contribution >= 0.6 is 23.4 Å². The van der Waals surface area contributed by atoms with Crippen molar-refractivity contribution in [1.82, 2.24) is 0 Å². The molecule has 0 spiro atoms. The molecule has 0 atom stereocenters. The van der Waals surface area contributed by atoms with E-state index in [-0.39, 0.29) is 0 Å². The summed E-state index contributed by atoms with van der Waals surface area (Å²) < 4.78 is 0. The molecule has 0 bridgehead atoms. The second-order valence-electron chi connectivity index (χ2n) is 2.26. The molecule has 0 heterocycles. The summed E-state index contributed by atoms with van der Waals surface area (Å²) >= 11 is 7.54. The molecule has 0 aromatic heterocycles. The highest BCUT2D eigenvalue weighted by molar-refractivity contribution is 7.98. The van der Waals surface area contributed by atoms with Gasteiger partial charge in [0.25, 0.3) is 0 Å². The van der Waals surface area contributed by atoms with Gasteiger partial charge in [-0.1, -0.05) is 17.7 Å². The van der Waals surface area contributed by atoms with Crippen LogP contribution in [-0.4, -0.2) is 6.26 Å². The fourth-order valence-electron chi connectivity index (χ4n) is 0.981. The molecule has 1 aromatic rings. The summed E-state index contributed by atoms with van der Waals surface area (Å²) in [5, 5.41) is 9.23. The van der Waals surface area contributed by atoms with E-state index in [4.69, 9.17) is 16.9 Å². The molecule has 0 radical (unpaired) electrons. The topological polar surface area (TPSA) is 23.8 Å². The van der Waals surface area contributed by atoms with E-state index in [1.54, 1.807) is 11.8 Å². The second kappa shape index (κ2) is 4.39. The van der Waals surface area contributed by atoms with Gasteiger partial charge in [0.2, 0.25) is 0 Å². The zero-order chi connectivity index (χ0) is 8.97. The average molecular weight is 198 g/mol. The first-order valence-corrected chi connectivity index (χ1v) is 5.08. The SMILES string of the molecule is CSc1cccc(Cl)c1CC#N. The third kappa shape index (κ3) is 1.94. The molecular formula is C9H8ClNS. The molecule has 0 saturated heterocycles. The first-order valence-electron chi connectivity index (χ1n) is 3.48. The molecule has 0 fully saturated rings. The van der Waals surface area contributed by atoms with Gasteiger partial charge in [-0.25, -0.2) is 0 Å². The van der Waals surface area contributed by atoms with Crippen molar-refractivity contribution < 1.29 is 0 Å². The minimum Gasteiger partial charge on any atom is -0.198 e. The van der Waals surface area contributed by atoms with Gasteiger partial charge in [0.1, 0.15) is 0 Å². The van der Waals surface area contributed by atoms with E-state index in [2.05, 4.69) is 6.07 Å². The molecule has 1 nitrogen and oxygen atoms in total. The van der Waals surface area contributed by atoms with E-state index in [0.29, 0.717) is 11.4 Å². The Hall–Kier alpha value is -0.650. The lowest BCUT2D eigenvalue weighted by molar-refractivity contribution is 1.18. The lowest BCUT2D eigenvalue weighted by Gasteiger charge is -2.04. The van der Waals surface area contributed by atoms with Crippen LogP contribution in [0.4, 0.5) is 0 Å². The van der Waals surface area contributed by atoms with Crippen molar-refractivity contribution >= 4 is 23.4 Å². The van der Waals surface area contributed by atoms with Crippen LogP contribution < -0.4 is 0 Å². The monoisotopic (exact) mass is 197 g/mol. The van der Waals surface area contributed by atoms with E-state index in [0.717, 1.165) is 10.5 Å². The molecule has 1 aromatic carbocycles. The van der Waals surface area contributed by atoms with Crippen molar-refractivity contribution in [1.29, 1.82) is 5.26 Å². The van der Waals surface area contributed by atoms with Gasteiger partial charge in [0.15, 0.2) is 0 Å². The molecule has 0 unspecified atom stereocenters. The number of nitrogens with zero attached hydrogens (tertiary/aromatic N) is 1. The smallest absolute Gasteiger partial charge is 0.0670 e. The van der Waals surface area contributed by atoms with Gasteiger partial charge in [0, 0.05) is 9.92 Å².